The predicted molar refractivity (Wildman–Crippen MR) is 171 cm³/mol. The van der Waals surface area contributed by atoms with Gasteiger partial charge in [0.1, 0.15) is 23.4 Å². The van der Waals surface area contributed by atoms with Gasteiger partial charge in [0, 0.05) is 6.54 Å². The van der Waals surface area contributed by atoms with Gasteiger partial charge in [0.2, 0.25) is 11.8 Å². The van der Waals surface area contributed by atoms with Crippen LogP contribution in [0.1, 0.15) is 65.0 Å². The molecule has 0 saturated carbocycles. The van der Waals surface area contributed by atoms with Gasteiger partial charge in [0.15, 0.2) is 0 Å². The van der Waals surface area contributed by atoms with Gasteiger partial charge < -0.3 is 30.5 Å². The van der Waals surface area contributed by atoms with Crippen LogP contribution < -0.4 is 10.6 Å². The number of phenols is 1. The molecule has 1 fully saturated rings. The number of carboxylic acids is 1. The van der Waals surface area contributed by atoms with Crippen molar-refractivity contribution in [2.75, 3.05) is 6.54 Å². The molecule has 1 aliphatic rings. The van der Waals surface area contributed by atoms with E-state index in [0.29, 0.717) is 37.8 Å². The first-order valence-corrected chi connectivity index (χ1v) is 15.5. The first kappa shape index (κ1) is 35.1. The number of rotatable bonds is 13. The van der Waals surface area contributed by atoms with E-state index < -0.39 is 41.6 Å². The first-order chi connectivity index (χ1) is 21.2. The zero-order valence-electron chi connectivity index (χ0n) is 26.9. The number of carbonyl (C=O) groups is 4. The van der Waals surface area contributed by atoms with E-state index in [-0.39, 0.29) is 30.0 Å². The third kappa shape index (κ3) is 11.6. The number of aliphatic carboxylic acids is 1. The van der Waals surface area contributed by atoms with E-state index in [0.717, 1.165) is 5.56 Å². The van der Waals surface area contributed by atoms with Crippen LogP contribution in [-0.2, 0) is 32.0 Å². The van der Waals surface area contributed by atoms with Crippen molar-refractivity contribution in [3.8, 4) is 5.75 Å². The molecule has 0 radical (unpaired) electrons. The Balaban J connectivity index is 1.80. The molecule has 1 aliphatic heterocycles. The minimum atomic E-state index is -1.36. The number of ether oxygens (including phenoxy) is 1. The second-order valence-electron chi connectivity index (χ2n) is 13.0. The summed E-state index contributed by atoms with van der Waals surface area (Å²) in [6.45, 7) is 9.91. The Morgan fingerprint density at radius 3 is 2.22 bits per heavy atom. The number of phenolic OH excluding ortho intramolecular Hbond substituents is 1. The summed E-state index contributed by atoms with van der Waals surface area (Å²) in [4.78, 5) is 53.5. The molecule has 4 N–H and O–H groups in total. The van der Waals surface area contributed by atoms with Crippen LogP contribution in [-0.4, -0.2) is 63.3 Å². The lowest BCUT2D eigenvalue weighted by molar-refractivity contribution is -0.147. The van der Waals surface area contributed by atoms with E-state index in [1.165, 1.54) is 12.1 Å². The fraction of sp³-hybridized carbons (Fsp3) is 0.486. The number of carboxylic acid groups (broad SMARTS) is 1. The molecule has 1 saturated heterocycles. The Kier molecular flexibility index (Phi) is 12.6. The lowest BCUT2D eigenvalue weighted by Crippen LogP contribution is -2.51. The Morgan fingerprint density at radius 2 is 1.62 bits per heavy atom. The SMILES string of the molecule is CC(C)C[C@@H](/C=C/[C@H](Cc1ccccc1)C(=O)N1CCC[C@H]1NC(=O)[C@H](Cc1ccc(O)cc1)C(=O)O)NC(=O)OC(C)(C)C. The molecule has 2 aromatic rings. The van der Waals surface area contributed by atoms with Crippen molar-refractivity contribution >= 4 is 23.9 Å². The van der Waals surface area contributed by atoms with Gasteiger partial charge in [-0.3, -0.25) is 14.4 Å². The standard InChI is InChI=1S/C35H47N3O7/c1-23(2)20-27(36-34(44)45-35(3,4)5)16-15-26(21-24-10-7-6-8-11-24)32(41)38-19-9-12-30(38)37-31(40)29(33(42)43)22-25-13-17-28(39)18-14-25/h6-8,10-11,13-18,23,26-27,29-30,39H,9,12,19-22H2,1-5H3,(H,36,44)(H,37,40)(H,42,43)/b16-15+/t26-,27-,29+,30+/m1/s1. The summed E-state index contributed by atoms with van der Waals surface area (Å²) in [6.07, 6.45) is 4.64. The Labute approximate surface area is 265 Å². The smallest absolute Gasteiger partial charge is 0.408 e. The molecular weight excluding hydrogens is 574 g/mol. The van der Waals surface area contributed by atoms with Crippen LogP contribution in [0.2, 0.25) is 0 Å². The van der Waals surface area contributed by atoms with Crippen molar-refractivity contribution in [3.05, 3.63) is 77.9 Å². The average molecular weight is 622 g/mol. The van der Waals surface area contributed by atoms with Crippen molar-refractivity contribution in [1.82, 2.24) is 15.5 Å². The quantitative estimate of drug-likeness (QED) is 0.181. The van der Waals surface area contributed by atoms with Crippen LogP contribution in [0.15, 0.2) is 66.7 Å². The number of nitrogens with one attached hydrogen (secondary N) is 2. The highest BCUT2D eigenvalue weighted by atomic mass is 16.6. The van der Waals surface area contributed by atoms with E-state index in [4.69, 9.17) is 4.74 Å². The number of nitrogens with zero attached hydrogens (tertiary/aromatic N) is 1. The van der Waals surface area contributed by atoms with E-state index in [2.05, 4.69) is 10.6 Å². The van der Waals surface area contributed by atoms with Gasteiger partial charge in [-0.05, 0) is 82.1 Å². The highest BCUT2D eigenvalue weighted by molar-refractivity contribution is 5.97. The van der Waals surface area contributed by atoms with Gasteiger partial charge in [0.25, 0.3) is 0 Å². The monoisotopic (exact) mass is 621 g/mol. The molecule has 0 aliphatic carbocycles. The summed E-state index contributed by atoms with van der Waals surface area (Å²) >= 11 is 0. The minimum Gasteiger partial charge on any atom is -0.508 e. The topological polar surface area (TPSA) is 145 Å². The first-order valence-electron chi connectivity index (χ1n) is 15.5. The maximum Gasteiger partial charge on any atom is 0.408 e. The zero-order chi connectivity index (χ0) is 33.1. The largest absolute Gasteiger partial charge is 0.508 e. The third-order valence-electron chi connectivity index (χ3n) is 7.45. The number of benzene rings is 2. The summed E-state index contributed by atoms with van der Waals surface area (Å²) in [5, 5.41) is 25.1. The number of alkyl carbamates (subject to hydrolysis) is 1. The minimum absolute atomic E-state index is 0.0467. The maximum absolute atomic E-state index is 14.1. The Bertz CT molecular complexity index is 1320. The molecule has 2 aromatic carbocycles. The number of amides is 3. The van der Waals surface area contributed by atoms with Crippen molar-refractivity contribution in [2.24, 2.45) is 17.8 Å². The van der Waals surface area contributed by atoms with Crippen molar-refractivity contribution < 1.29 is 34.1 Å². The second-order valence-corrected chi connectivity index (χ2v) is 13.0. The molecule has 0 bridgehead atoms. The summed E-state index contributed by atoms with van der Waals surface area (Å²) < 4.78 is 5.46. The summed E-state index contributed by atoms with van der Waals surface area (Å²) in [5.41, 5.74) is 0.903. The van der Waals surface area contributed by atoms with Gasteiger partial charge in [0.05, 0.1) is 12.0 Å². The van der Waals surface area contributed by atoms with Gasteiger partial charge in [-0.25, -0.2) is 4.79 Å². The van der Waals surface area contributed by atoms with Gasteiger partial charge in [-0.15, -0.1) is 0 Å². The van der Waals surface area contributed by atoms with E-state index in [1.807, 2.05) is 56.3 Å². The van der Waals surface area contributed by atoms with E-state index in [9.17, 15) is 29.4 Å². The van der Waals surface area contributed by atoms with Crippen LogP contribution in [0.5, 0.6) is 5.75 Å². The van der Waals surface area contributed by atoms with Crippen molar-refractivity contribution in [3.63, 3.8) is 0 Å². The second kappa shape index (κ2) is 16.1. The molecule has 1 heterocycles. The van der Waals surface area contributed by atoms with Crippen LogP contribution in [0.4, 0.5) is 4.79 Å². The van der Waals surface area contributed by atoms with Crippen LogP contribution >= 0.6 is 0 Å². The van der Waals surface area contributed by atoms with Gasteiger partial charge >= 0.3 is 12.1 Å². The van der Waals surface area contributed by atoms with Gasteiger partial charge in [-0.2, -0.15) is 0 Å². The number of hydrogen-bond donors (Lipinski definition) is 4. The Morgan fingerprint density at radius 1 is 0.978 bits per heavy atom. The Hall–Kier alpha value is -4.34. The molecule has 3 rings (SSSR count). The number of carbonyl (C=O) groups excluding carboxylic acids is 3. The molecule has 0 spiro atoms. The highest BCUT2D eigenvalue weighted by Crippen LogP contribution is 2.23. The van der Waals surface area contributed by atoms with Crippen molar-refractivity contribution in [1.29, 1.82) is 0 Å². The fourth-order valence-electron chi connectivity index (χ4n) is 5.34. The van der Waals surface area contributed by atoms with E-state index >= 15 is 0 Å². The average Bonchev–Trinajstić information content (AvgIpc) is 3.41. The summed E-state index contributed by atoms with van der Waals surface area (Å²) in [5.74, 6) is -3.77. The fourth-order valence-corrected chi connectivity index (χ4v) is 5.34. The molecule has 4 atom stereocenters. The number of aromatic hydroxyl groups is 1. The van der Waals surface area contributed by atoms with Gasteiger partial charge in [-0.1, -0.05) is 68.5 Å². The van der Waals surface area contributed by atoms with E-state index in [1.54, 1.807) is 37.8 Å². The molecule has 10 heteroatoms. The number of hydrogen-bond acceptors (Lipinski definition) is 6. The number of likely N-dealkylation sites (tertiary alicyclic amines) is 1. The third-order valence-corrected chi connectivity index (χ3v) is 7.45. The van der Waals surface area contributed by atoms with Crippen LogP contribution in [0.25, 0.3) is 0 Å². The lowest BCUT2D eigenvalue weighted by Gasteiger charge is -2.29. The summed E-state index contributed by atoms with van der Waals surface area (Å²) in [7, 11) is 0. The summed E-state index contributed by atoms with van der Waals surface area (Å²) in [6, 6.07) is 15.3. The van der Waals surface area contributed by atoms with Crippen LogP contribution in [0.3, 0.4) is 0 Å². The molecule has 244 valence electrons. The highest BCUT2D eigenvalue weighted by Gasteiger charge is 2.36. The maximum atomic E-state index is 14.1. The lowest BCUT2D eigenvalue weighted by atomic mass is 9.95. The molecule has 10 nitrogen and oxygen atoms in total. The van der Waals surface area contributed by atoms with Crippen LogP contribution in [0, 0.1) is 17.8 Å². The molecular formula is C35H47N3O7. The predicted octanol–water partition coefficient (Wildman–Crippen LogP) is 5.05. The molecule has 45 heavy (non-hydrogen) atoms. The van der Waals surface area contributed by atoms with Crippen molar-refractivity contribution in [2.45, 2.75) is 84.5 Å². The molecule has 0 aromatic heterocycles. The normalized spacial score (nSPS) is 17.1. The molecule has 3 amide bonds. The molecule has 0 unspecified atom stereocenters. The zero-order valence-corrected chi connectivity index (χ0v) is 26.9.